The van der Waals surface area contributed by atoms with Gasteiger partial charge in [0.2, 0.25) is 10.0 Å². The number of para-hydroxylation sites is 1. The van der Waals surface area contributed by atoms with E-state index in [1.165, 1.54) is 21.9 Å². The number of rotatable bonds is 5. The fraction of sp³-hybridized carbons (Fsp3) is 0.364. The van der Waals surface area contributed by atoms with E-state index in [1.54, 1.807) is 17.0 Å². The number of aromatic nitrogens is 1. The topological polar surface area (TPSA) is 79.8 Å². The van der Waals surface area contributed by atoms with E-state index in [2.05, 4.69) is 0 Å². The molecular weight excluding hydrogens is 434 g/mol. The number of hydrogen-bond donors (Lipinski definition) is 0. The standard InChI is InChI=1S/C22H23N3O4S2/c1-31(27,28)25-11-10-15-13-16(8-9-19(15)25)21(26)24(14-17-5-4-12-29-17)22-23-18-6-2-3-7-20(18)30-22/h2-3,6-9,13,17H,4-5,10-12,14H2,1H3/t17-/m0/s1. The molecule has 31 heavy (non-hydrogen) atoms. The highest BCUT2D eigenvalue weighted by Crippen LogP contribution is 2.33. The Labute approximate surface area is 185 Å². The Bertz CT molecular complexity index is 1220. The minimum atomic E-state index is -3.33. The van der Waals surface area contributed by atoms with Crippen molar-refractivity contribution in [3.05, 3.63) is 53.6 Å². The predicted molar refractivity (Wildman–Crippen MR) is 123 cm³/mol. The first-order valence-electron chi connectivity index (χ1n) is 10.3. The number of carbonyl (C=O) groups is 1. The van der Waals surface area contributed by atoms with Crippen LogP contribution in [0.25, 0.3) is 10.2 Å². The number of nitrogens with zero attached hydrogens (tertiary/aromatic N) is 3. The van der Waals surface area contributed by atoms with Gasteiger partial charge < -0.3 is 4.74 Å². The van der Waals surface area contributed by atoms with Gasteiger partial charge in [0.15, 0.2) is 5.13 Å². The van der Waals surface area contributed by atoms with E-state index in [0.717, 1.165) is 28.6 Å². The summed E-state index contributed by atoms with van der Waals surface area (Å²) in [6.07, 6.45) is 3.70. The van der Waals surface area contributed by atoms with Crippen LogP contribution in [0.2, 0.25) is 0 Å². The van der Waals surface area contributed by atoms with Crippen molar-refractivity contribution >= 4 is 48.3 Å². The van der Waals surface area contributed by atoms with Crippen LogP contribution in [-0.4, -0.2) is 51.4 Å². The van der Waals surface area contributed by atoms with Crippen molar-refractivity contribution in [3.8, 4) is 0 Å². The van der Waals surface area contributed by atoms with E-state index in [1.807, 2.05) is 30.3 Å². The number of sulfonamides is 1. The largest absolute Gasteiger partial charge is 0.376 e. The Morgan fingerprint density at radius 2 is 2.13 bits per heavy atom. The Balaban J connectivity index is 1.50. The van der Waals surface area contributed by atoms with Crippen molar-refractivity contribution in [2.75, 3.05) is 35.2 Å². The van der Waals surface area contributed by atoms with Crippen LogP contribution >= 0.6 is 11.3 Å². The van der Waals surface area contributed by atoms with Crippen molar-refractivity contribution in [1.82, 2.24) is 4.98 Å². The lowest BCUT2D eigenvalue weighted by atomic mass is 10.1. The van der Waals surface area contributed by atoms with Crippen molar-refractivity contribution in [2.45, 2.75) is 25.4 Å². The van der Waals surface area contributed by atoms with Crippen molar-refractivity contribution in [1.29, 1.82) is 0 Å². The molecule has 9 heteroatoms. The second kappa shape index (κ2) is 7.89. The molecule has 0 spiro atoms. The number of hydrogen-bond acceptors (Lipinski definition) is 6. The third-order valence-corrected chi connectivity index (χ3v) is 7.99. The zero-order chi connectivity index (χ0) is 21.6. The third kappa shape index (κ3) is 3.93. The van der Waals surface area contributed by atoms with Crippen molar-refractivity contribution in [2.24, 2.45) is 0 Å². The first kappa shape index (κ1) is 20.4. The number of thiazole rings is 1. The highest BCUT2D eigenvalue weighted by molar-refractivity contribution is 7.92. The van der Waals surface area contributed by atoms with Gasteiger partial charge in [0, 0.05) is 18.7 Å². The van der Waals surface area contributed by atoms with E-state index in [9.17, 15) is 13.2 Å². The molecule has 1 atom stereocenters. The zero-order valence-electron chi connectivity index (χ0n) is 17.2. The predicted octanol–water partition coefficient (Wildman–Crippen LogP) is 3.44. The molecule has 5 rings (SSSR count). The molecule has 1 saturated heterocycles. The Hall–Kier alpha value is -2.49. The molecular formula is C22H23N3O4S2. The number of ether oxygens (including phenoxy) is 1. The SMILES string of the molecule is CS(=O)(=O)N1CCc2cc(C(=O)N(C[C@@H]3CCCO3)c3nc4ccccc4s3)ccc21. The van der Waals surface area contributed by atoms with Crippen molar-refractivity contribution in [3.63, 3.8) is 0 Å². The maximum Gasteiger partial charge on any atom is 0.260 e. The molecule has 3 heterocycles. The summed E-state index contributed by atoms with van der Waals surface area (Å²) in [6, 6.07) is 13.1. The molecule has 1 aromatic heterocycles. The Kier molecular flexibility index (Phi) is 5.19. The molecule has 0 aliphatic carbocycles. The van der Waals surface area contributed by atoms with E-state index < -0.39 is 10.0 Å². The molecule has 0 unspecified atom stereocenters. The number of fused-ring (bicyclic) bond motifs is 2. The van der Waals surface area contributed by atoms with Gasteiger partial charge >= 0.3 is 0 Å². The van der Waals surface area contributed by atoms with E-state index in [4.69, 9.17) is 9.72 Å². The molecule has 0 saturated carbocycles. The van der Waals surface area contributed by atoms with Gasteiger partial charge in [-0.25, -0.2) is 13.4 Å². The van der Waals surface area contributed by atoms with Crippen LogP contribution in [0.15, 0.2) is 42.5 Å². The van der Waals surface area contributed by atoms with Crippen LogP contribution in [0.3, 0.4) is 0 Å². The number of benzene rings is 2. The van der Waals surface area contributed by atoms with Gasteiger partial charge in [0.05, 0.1) is 34.8 Å². The molecule has 1 fully saturated rings. The zero-order valence-corrected chi connectivity index (χ0v) is 18.8. The molecule has 2 aromatic carbocycles. The first-order valence-corrected chi connectivity index (χ1v) is 13.0. The van der Waals surface area contributed by atoms with Gasteiger partial charge in [0.1, 0.15) is 0 Å². The molecule has 7 nitrogen and oxygen atoms in total. The van der Waals surface area contributed by atoms with Gasteiger partial charge in [-0.05, 0) is 55.2 Å². The van der Waals surface area contributed by atoms with E-state index in [0.29, 0.717) is 42.5 Å². The molecule has 2 aliphatic rings. The summed E-state index contributed by atoms with van der Waals surface area (Å²) in [7, 11) is -3.33. The normalized spacial score (nSPS) is 18.5. The lowest BCUT2D eigenvalue weighted by molar-refractivity contribution is 0.0917. The maximum absolute atomic E-state index is 13.6. The van der Waals surface area contributed by atoms with Gasteiger partial charge in [-0.2, -0.15) is 0 Å². The summed E-state index contributed by atoms with van der Waals surface area (Å²) >= 11 is 1.49. The summed E-state index contributed by atoms with van der Waals surface area (Å²) in [6.45, 7) is 1.57. The van der Waals surface area contributed by atoms with Crippen molar-refractivity contribution < 1.29 is 17.9 Å². The van der Waals surface area contributed by atoms with Crippen LogP contribution in [0.5, 0.6) is 0 Å². The fourth-order valence-corrected chi connectivity index (χ4v) is 6.15. The molecule has 0 radical (unpaired) electrons. The molecule has 2 aliphatic heterocycles. The lowest BCUT2D eigenvalue weighted by Gasteiger charge is -2.23. The van der Waals surface area contributed by atoms with E-state index in [-0.39, 0.29) is 12.0 Å². The molecule has 1 amide bonds. The molecule has 0 bridgehead atoms. The van der Waals surface area contributed by atoms with Crippen LogP contribution in [-0.2, 0) is 21.2 Å². The maximum atomic E-state index is 13.6. The summed E-state index contributed by atoms with van der Waals surface area (Å²) in [4.78, 5) is 20.0. The first-order chi connectivity index (χ1) is 14.9. The molecule has 162 valence electrons. The second-order valence-electron chi connectivity index (χ2n) is 7.94. The number of carbonyl (C=O) groups excluding carboxylic acids is 1. The summed E-state index contributed by atoms with van der Waals surface area (Å²) < 4.78 is 32.3. The minimum absolute atomic E-state index is 0.00823. The average Bonchev–Trinajstić information content (AvgIpc) is 3.49. The Morgan fingerprint density at radius 3 is 2.87 bits per heavy atom. The molecule has 3 aromatic rings. The van der Waals surface area contributed by atoms with Crippen LogP contribution in [0, 0.1) is 0 Å². The second-order valence-corrected chi connectivity index (χ2v) is 10.9. The molecule has 0 N–H and O–H groups in total. The number of amides is 1. The van der Waals surface area contributed by atoms with E-state index >= 15 is 0 Å². The lowest BCUT2D eigenvalue weighted by Crippen LogP contribution is -2.37. The van der Waals surface area contributed by atoms with Gasteiger partial charge in [0.25, 0.3) is 5.91 Å². The summed E-state index contributed by atoms with van der Waals surface area (Å²) in [5.74, 6) is -0.143. The summed E-state index contributed by atoms with van der Waals surface area (Å²) in [5.41, 5.74) is 2.93. The third-order valence-electron chi connectivity index (χ3n) is 5.75. The quantitative estimate of drug-likeness (QED) is 0.586. The van der Waals surface area contributed by atoms with Crippen LogP contribution in [0.4, 0.5) is 10.8 Å². The van der Waals surface area contributed by atoms with Crippen LogP contribution in [0.1, 0.15) is 28.8 Å². The summed E-state index contributed by atoms with van der Waals surface area (Å²) in [5, 5.41) is 0.653. The fourth-order valence-electron chi connectivity index (χ4n) is 4.22. The average molecular weight is 458 g/mol. The van der Waals surface area contributed by atoms with Gasteiger partial charge in [-0.1, -0.05) is 23.5 Å². The smallest absolute Gasteiger partial charge is 0.260 e. The Morgan fingerprint density at radius 1 is 1.29 bits per heavy atom. The highest BCUT2D eigenvalue weighted by atomic mass is 32.2. The monoisotopic (exact) mass is 457 g/mol. The van der Waals surface area contributed by atoms with Crippen LogP contribution < -0.4 is 9.21 Å². The van der Waals surface area contributed by atoms with Gasteiger partial charge in [-0.15, -0.1) is 0 Å². The highest BCUT2D eigenvalue weighted by Gasteiger charge is 2.30. The van der Waals surface area contributed by atoms with Gasteiger partial charge in [-0.3, -0.25) is 14.0 Å². The minimum Gasteiger partial charge on any atom is -0.376 e. The number of anilines is 2.